The second kappa shape index (κ2) is 2.62. The lowest BCUT2D eigenvalue weighted by Crippen LogP contribution is -2.02. The Kier molecular flexibility index (Phi) is 1.59. The van der Waals surface area contributed by atoms with Gasteiger partial charge in [0.25, 0.3) is 0 Å². The molecule has 2 aromatic rings. The molecule has 0 bridgehead atoms. The van der Waals surface area contributed by atoms with Crippen LogP contribution in [0.3, 0.4) is 0 Å². The van der Waals surface area contributed by atoms with Crippen LogP contribution in [0.15, 0.2) is 33.5 Å². The van der Waals surface area contributed by atoms with Gasteiger partial charge in [0.1, 0.15) is 0 Å². The number of aryl methyl sites for hydroxylation is 1. The maximum atomic E-state index is 11.2. The van der Waals surface area contributed by atoms with Crippen LogP contribution in [0.1, 0.15) is 5.56 Å². The van der Waals surface area contributed by atoms with Gasteiger partial charge >= 0.3 is 5.63 Å². The molecule has 0 saturated carbocycles. The van der Waals surface area contributed by atoms with Crippen molar-refractivity contribution in [2.75, 3.05) is 5.73 Å². The molecule has 1 aromatic heterocycles. The Morgan fingerprint density at radius 1 is 1.38 bits per heavy atom. The normalized spacial score (nSPS) is 10.5. The fourth-order valence-electron chi connectivity index (χ4n) is 1.27. The molecule has 0 radical (unpaired) electrons. The van der Waals surface area contributed by atoms with E-state index in [4.69, 9.17) is 10.2 Å². The quantitative estimate of drug-likeness (QED) is 0.489. The van der Waals surface area contributed by atoms with Crippen LogP contribution in [0.2, 0.25) is 0 Å². The van der Waals surface area contributed by atoms with E-state index in [1.54, 1.807) is 19.1 Å². The zero-order valence-corrected chi connectivity index (χ0v) is 7.20. The third-order valence-corrected chi connectivity index (χ3v) is 1.96. The van der Waals surface area contributed by atoms with Gasteiger partial charge in [0.2, 0.25) is 0 Å². The lowest BCUT2D eigenvalue weighted by atomic mass is 10.2. The first kappa shape index (κ1) is 7.86. The van der Waals surface area contributed by atoms with Crippen LogP contribution < -0.4 is 11.4 Å². The average molecular weight is 175 g/mol. The van der Waals surface area contributed by atoms with Crippen molar-refractivity contribution in [2.24, 2.45) is 0 Å². The number of para-hydroxylation sites is 1. The van der Waals surface area contributed by atoms with Gasteiger partial charge < -0.3 is 10.2 Å². The Labute approximate surface area is 74.8 Å². The van der Waals surface area contributed by atoms with Crippen LogP contribution in [0, 0.1) is 6.92 Å². The molecule has 13 heavy (non-hydrogen) atoms. The topological polar surface area (TPSA) is 56.2 Å². The number of fused-ring (bicyclic) bond motifs is 1. The molecule has 0 saturated heterocycles. The van der Waals surface area contributed by atoms with E-state index in [1.807, 2.05) is 12.1 Å². The number of nitrogen functional groups attached to an aromatic ring is 1. The van der Waals surface area contributed by atoms with Crippen molar-refractivity contribution in [3.05, 3.63) is 40.2 Å². The first-order valence-electron chi connectivity index (χ1n) is 3.97. The summed E-state index contributed by atoms with van der Waals surface area (Å²) in [4.78, 5) is 11.2. The number of benzene rings is 1. The number of hydrogen-bond donors (Lipinski definition) is 1. The van der Waals surface area contributed by atoms with Crippen LogP contribution in [0.4, 0.5) is 5.69 Å². The molecule has 3 nitrogen and oxygen atoms in total. The van der Waals surface area contributed by atoms with Crippen molar-refractivity contribution >= 4 is 16.7 Å². The predicted molar refractivity (Wildman–Crippen MR) is 51.6 cm³/mol. The molecule has 0 aliphatic heterocycles. The van der Waals surface area contributed by atoms with Crippen LogP contribution >= 0.6 is 0 Å². The highest BCUT2D eigenvalue weighted by Crippen LogP contribution is 2.19. The fraction of sp³-hybridized carbons (Fsp3) is 0.100. The van der Waals surface area contributed by atoms with Gasteiger partial charge in [-0.25, -0.2) is 4.79 Å². The van der Waals surface area contributed by atoms with E-state index in [1.165, 1.54) is 0 Å². The van der Waals surface area contributed by atoms with E-state index < -0.39 is 0 Å². The summed E-state index contributed by atoms with van der Waals surface area (Å²) >= 11 is 0. The van der Waals surface area contributed by atoms with Gasteiger partial charge in [-0.3, -0.25) is 0 Å². The summed E-state index contributed by atoms with van der Waals surface area (Å²) in [6.07, 6.45) is 0. The Morgan fingerprint density at radius 3 is 2.92 bits per heavy atom. The standard InChI is InChI=1S/C10H9NO2/c1-6-5-7-3-2-4-8(11)9(7)13-10(6)12/h2-5H,11H2,1H3. The van der Waals surface area contributed by atoms with Gasteiger partial charge in [-0.1, -0.05) is 12.1 Å². The van der Waals surface area contributed by atoms with E-state index >= 15 is 0 Å². The van der Waals surface area contributed by atoms with Crippen LogP contribution in [-0.2, 0) is 0 Å². The zero-order chi connectivity index (χ0) is 9.42. The maximum Gasteiger partial charge on any atom is 0.339 e. The second-order valence-corrected chi connectivity index (χ2v) is 2.98. The van der Waals surface area contributed by atoms with Crippen LogP contribution in [0.5, 0.6) is 0 Å². The minimum absolute atomic E-state index is 0.328. The molecule has 0 fully saturated rings. The summed E-state index contributed by atoms with van der Waals surface area (Å²) in [6.45, 7) is 1.72. The van der Waals surface area contributed by atoms with E-state index in [9.17, 15) is 4.79 Å². The number of rotatable bonds is 0. The highest BCUT2D eigenvalue weighted by atomic mass is 16.4. The summed E-state index contributed by atoms with van der Waals surface area (Å²) in [5.41, 5.74) is 6.88. The molecule has 0 unspecified atom stereocenters. The molecule has 0 aliphatic rings. The molecule has 0 amide bonds. The van der Waals surface area contributed by atoms with Crippen molar-refractivity contribution in [1.82, 2.24) is 0 Å². The van der Waals surface area contributed by atoms with E-state index in [0.29, 0.717) is 16.8 Å². The largest absolute Gasteiger partial charge is 0.420 e. The number of anilines is 1. The first-order chi connectivity index (χ1) is 6.18. The summed E-state index contributed by atoms with van der Waals surface area (Å²) in [5.74, 6) is 0. The Balaban J connectivity index is 2.97. The molecule has 66 valence electrons. The lowest BCUT2D eigenvalue weighted by Gasteiger charge is -1.99. The molecule has 0 atom stereocenters. The molecule has 0 spiro atoms. The third-order valence-electron chi connectivity index (χ3n) is 1.96. The van der Waals surface area contributed by atoms with Crippen molar-refractivity contribution in [3.8, 4) is 0 Å². The van der Waals surface area contributed by atoms with Crippen molar-refractivity contribution in [2.45, 2.75) is 6.92 Å². The van der Waals surface area contributed by atoms with Crippen molar-refractivity contribution < 1.29 is 4.42 Å². The summed E-state index contributed by atoms with van der Waals surface area (Å²) in [5, 5.41) is 0.858. The molecular weight excluding hydrogens is 166 g/mol. The highest BCUT2D eigenvalue weighted by Gasteiger charge is 2.02. The van der Waals surface area contributed by atoms with Gasteiger partial charge in [-0.2, -0.15) is 0 Å². The molecule has 1 heterocycles. The maximum absolute atomic E-state index is 11.2. The Bertz CT molecular complexity index is 514. The lowest BCUT2D eigenvalue weighted by molar-refractivity contribution is 0.556. The van der Waals surface area contributed by atoms with Crippen LogP contribution in [-0.4, -0.2) is 0 Å². The highest BCUT2D eigenvalue weighted by molar-refractivity contribution is 5.87. The Morgan fingerprint density at radius 2 is 2.15 bits per heavy atom. The minimum Gasteiger partial charge on any atom is -0.420 e. The first-order valence-corrected chi connectivity index (χ1v) is 3.97. The molecular formula is C10H9NO2. The smallest absolute Gasteiger partial charge is 0.339 e. The van der Waals surface area contributed by atoms with E-state index in [-0.39, 0.29) is 5.63 Å². The predicted octanol–water partition coefficient (Wildman–Crippen LogP) is 1.68. The van der Waals surface area contributed by atoms with Crippen molar-refractivity contribution in [1.29, 1.82) is 0 Å². The number of nitrogens with two attached hydrogens (primary N) is 1. The van der Waals surface area contributed by atoms with E-state index in [2.05, 4.69) is 0 Å². The summed E-state index contributed by atoms with van der Waals surface area (Å²) < 4.78 is 5.04. The third kappa shape index (κ3) is 1.18. The average Bonchev–Trinajstić information content (AvgIpc) is 2.09. The SMILES string of the molecule is Cc1cc2cccc(N)c2oc1=O. The Hall–Kier alpha value is -1.77. The minimum atomic E-state index is -0.328. The van der Waals surface area contributed by atoms with E-state index in [0.717, 1.165) is 5.39 Å². The monoisotopic (exact) mass is 175 g/mol. The summed E-state index contributed by atoms with van der Waals surface area (Å²) in [6, 6.07) is 7.18. The fourth-order valence-corrected chi connectivity index (χ4v) is 1.27. The molecule has 3 heteroatoms. The zero-order valence-electron chi connectivity index (χ0n) is 7.20. The van der Waals surface area contributed by atoms with Gasteiger partial charge in [0, 0.05) is 10.9 Å². The van der Waals surface area contributed by atoms with Gasteiger partial charge in [0.05, 0.1) is 5.69 Å². The molecule has 0 aliphatic carbocycles. The molecule has 2 N–H and O–H groups in total. The second-order valence-electron chi connectivity index (χ2n) is 2.98. The van der Waals surface area contributed by atoms with Crippen LogP contribution in [0.25, 0.3) is 11.0 Å². The molecule has 1 aromatic carbocycles. The number of hydrogen-bond acceptors (Lipinski definition) is 3. The van der Waals surface area contributed by atoms with Gasteiger partial charge in [-0.15, -0.1) is 0 Å². The van der Waals surface area contributed by atoms with Gasteiger partial charge in [0.15, 0.2) is 5.58 Å². The van der Waals surface area contributed by atoms with Crippen molar-refractivity contribution in [3.63, 3.8) is 0 Å². The summed E-state index contributed by atoms with van der Waals surface area (Å²) in [7, 11) is 0. The molecule has 2 rings (SSSR count). The van der Waals surface area contributed by atoms with Gasteiger partial charge in [-0.05, 0) is 19.1 Å².